The second-order valence-electron chi connectivity index (χ2n) is 6.80. The standard InChI is InChI=1S/C17H21N3O3S2/c1-12-18-15-3-2-13(10-16(15)24-12)17(21)20-7-5-19(6-8-20)14-4-9-25(22,23)11-14/h2-3,10,14H,4-9,11H2,1H3/t14-/m1/s1. The average molecular weight is 380 g/mol. The number of rotatable bonds is 2. The van der Waals surface area contributed by atoms with E-state index in [1.165, 1.54) is 0 Å². The van der Waals surface area contributed by atoms with Crippen molar-refractivity contribution in [3.05, 3.63) is 28.8 Å². The third-order valence-electron chi connectivity index (χ3n) is 5.07. The van der Waals surface area contributed by atoms with E-state index in [9.17, 15) is 13.2 Å². The molecule has 4 rings (SSSR count). The second-order valence-corrected chi connectivity index (χ2v) is 10.3. The van der Waals surface area contributed by atoms with Gasteiger partial charge in [0.1, 0.15) is 0 Å². The third-order valence-corrected chi connectivity index (χ3v) is 7.75. The molecule has 134 valence electrons. The normalized spacial score (nSPS) is 24.0. The van der Waals surface area contributed by atoms with Crippen LogP contribution in [0.2, 0.25) is 0 Å². The van der Waals surface area contributed by atoms with Gasteiger partial charge in [-0.1, -0.05) is 0 Å². The van der Waals surface area contributed by atoms with Crippen molar-refractivity contribution in [1.82, 2.24) is 14.8 Å². The topological polar surface area (TPSA) is 70.6 Å². The number of thiazole rings is 1. The van der Waals surface area contributed by atoms with Gasteiger partial charge in [0.05, 0.1) is 26.7 Å². The van der Waals surface area contributed by atoms with Crippen LogP contribution in [0.4, 0.5) is 0 Å². The number of carbonyl (C=O) groups is 1. The molecule has 0 radical (unpaired) electrons. The van der Waals surface area contributed by atoms with Gasteiger partial charge in [-0.05, 0) is 31.5 Å². The molecule has 1 amide bonds. The van der Waals surface area contributed by atoms with Gasteiger partial charge in [0, 0.05) is 37.8 Å². The lowest BCUT2D eigenvalue weighted by Crippen LogP contribution is -2.52. The van der Waals surface area contributed by atoms with Gasteiger partial charge in [0.2, 0.25) is 0 Å². The maximum atomic E-state index is 12.8. The molecule has 3 heterocycles. The lowest BCUT2D eigenvalue weighted by Gasteiger charge is -2.37. The highest BCUT2D eigenvalue weighted by Gasteiger charge is 2.34. The molecule has 1 atom stereocenters. The number of aromatic nitrogens is 1. The van der Waals surface area contributed by atoms with Gasteiger partial charge < -0.3 is 4.90 Å². The molecule has 1 aromatic heterocycles. The van der Waals surface area contributed by atoms with Crippen LogP contribution in [0, 0.1) is 6.92 Å². The fraction of sp³-hybridized carbons (Fsp3) is 0.529. The van der Waals surface area contributed by atoms with Gasteiger partial charge in [0.25, 0.3) is 5.91 Å². The fourth-order valence-corrected chi connectivity index (χ4v) is 6.34. The molecule has 1 aromatic carbocycles. The van der Waals surface area contributed by atoms with Gasteiger partial charge in [-0.15, -0.1) is 11.3 Å². The Kier molecular flexibility index (Phi) is 4.29. The minimum absolute atomic E-state index is 0.0478. The highest BCUT2D eigenvalue weighted by Crippen LogP contribution is 2.24. The second kappa shape index (κ2) is 6.34. The summed E-state index contributed by atoms with van der Waals surface area (Å²) in [5.41, 5.74) is 1.64. The van der Waals surface area contributed by atoms with Gasteiger partial charge in [-0.25, -0.2) is 13.4 Å². The molecular formula is C17H21N3O3S2. The fourth-order valence-electron chi connectivity index (χ4n) is 3.71. The number of piperazine rings is 1. The Bertz CT molecular complexity index is 914. The molecule has 0 spiro atoms. The van der Waals surface area contributed by atoms with Crippen molar-refractivity contribution >= 4 is 37.3 Å². The first-order chi connectivity index (χ1) is 11.9. The lowest BCUT2D eigenvalue weighted by molar-refractivity contribution is 0.0588. The summed E-state index contributed by atoms with van der Waals surface area (Å²) < 4.78 is 24.3. The highest BCUT2D eigenvalue weighted by molar-refractivity contribution is 7.91. The van der Waals surface area contributed by atoms with Crippen LogP contribution in [0.15, 0.2) is 18.2 Å². The van der Waals surface area contributed by atoms with E-state index >= 15 is 0 Å². The Labute approximate surface area is 151 Å². The molecule has 0 saturated carbocycles. The van der Waals surface area contributed by atoms with E-state index in [-0.39, 0.29) is 17.7 Å². The first kappa shape index (κ1) is 16.9. The minimum atomic E-state index is -2.86. The predicted octanol–water partition coefficient (Wildman–Crippen LogP) is 1.55. The monoisotopic (exact) mass is 379 g/mol. The number of aryl methyl sites for hydroxylation is 1. The maximum absolute atomic E-state index is 12.8. The van der Waals surface area contributed by atoms with Crippen molar-refractivity contribution in [2.45, 2.75) is 19.4 Å². The Hall–Kier alpha value is -1.51. The smallest absolute Gasteiger partial charge is 0.253 e. The summed E-state index contributed by atoms with van der Waals surface area (Å²) in [7, 11) is -2.86. The maximum Gasteiger partial charge on any atom is 0.253 e. The summed E-state index contributed by atoms with van der Waals surface area (Å²) in [6.45, 7) is 4.75. The molecular weight excluding hydrogens is 358 g/mol. The molecule has 2 aromatic rings. The van der Waals surface area contributed by atoms with Crippen LogP contribution in [-0.2, 0) is 9.84 Å². The van der Waals surface area contributed by atoms with Crippen molar-refractivity contribution < 1.29 is 13.2 Å². The van der Waals surface area contributed by atoms with Crippen LogP contribution in [0.1, 0.15) is 21.8 Å². The Morgan fingerprint density at radius 3 is 2.68 bits per heavy atom. The first-order valence-electron chi connectivity index (χ1n) is 8.52. The number of hydrogen-bond acceptors (Lipinski definition) is 6. The molecule has 0 N–H and O–H groups in total. The largest absolute Gasteiger partial charge is 0.336 e. The summed E-state index contributed by atoms with van der Waals surface area (Å²) >= 11 is 1.60. The first-order valence-corrected chi connectivity index (χ1v) is 11.2. The molecule has 2 saturated heterocycles. The van der Waals surface area contributed by atoms with E-state index in [0.29, 0.717) is 24.4 Å². The number of amides is 1. The van der Waals surface area contributed by atoms with Gasteiger partial charge in [-0.2, -0.15) is 0 Å². The summed E-state index contributed by atoms with van der Waals surface area (Å²) in [6.07, 6.45) is 0.720. The van der Waals surface area contributed by atoms with E-state index in [0.717, 1.165) is 34.7 Å². The van der Waals surface area contributed by atoms with Crippen LogP contribution in [0.3, 0.4) is 0 Å². The SMILES string of the molecule is Cc1nc2ccc(C(=O)N3CCN([C@@H]4CCS(=O)(=O)C4)CC3)cc2s1. The number of benzene rings is 1. The zero-order chi connectivity index (χ0) is 17.6. The Morgan fingerprint density at radius 1 is 1.24 bits per heavy atom. The summed E-state index contributed by atoms with van der Waals surface area (Å²) in [5.74, 6) is 0.611. The highest BCUT2D eigenvalue weighted by atomic mass is 32.2. The van der Waals surface area contributed by atoms with Gasteiger partial charge >= 0.3 is 0 Å². The lowest BCUT2D eigenvalue weighted by atomic mass is 10.1. The third kappa shape index (κ3) is 3.43. The van der Waals surface area contributed by atoms with Crippen LogP contribution in [0.25, 0.3) is 10.2 Å². The number of nitrogens with zero attached hydrogens (tertiary/aromatic N) is 3. The molecule has 25 heavy (non-hydrogen) atoms. The zero-order valence-corrected chi connectivity index (χ0v) is 15.8. The Morgan fingerprint density at radius 2 is 2.00 bits per heavy atom. The average Bonchev–Trinajstić information content (AvgIpc) is 3.14. The molecule has 0 bridgehead atoms. The molecule has 0 aliphatic carbocycles. The van der Waals surface area contributed by atoms with E-state index in [1.54, 1.807) is 11.3 Å². The molecule has 2 aliphatic rings. The predicted molar refractivity (Wildman–Crippen MR) is 98.9 cm³/mol. The van der Waals surface area contributed by atoms with Gasteiger partial charge in [-0.3, -0.25) is 9.69 Å². The van der Waals surface area contributed by atoms with E-state index in [1.807, 2.05) is 30.0 Å². The summed E-state index contributed by atoms with van der Waals surface area (Å²) in [6, 6.07) is 5.81. The number of sulfone groups is 1. The molecule has 0 unspecified atom stereocenters. The van der Waals surface area contributed by atoms with Crippen molar-refractivity contribution in [2.24, 2.45) is 0 Å². The summed E-state index contributed by atoms with van der Waals surface area (Å²) in [4.78, 5) is 21.3. The van der Waals surface area contributed by atoms with Crippen LogP contribution >= 0.6 is 11.3 Å². The minimum Gasteiger partial charge on any atom is -0.336 e. The van der Waals surface area contributed by atoms with Crippen LogP contribution in [-0.4, -0.2) is 72.8 Å². The number of fused-ring (bicyclic) bond motifs is 1. The zero-order valence-electron chi connectivity index (χ0n) is 14.1. The number of carbonyl (C=O) groups excluding carboxylic acids is 1. The van der Waals surface area contributed by atoms with E-state index < -0.39 is 9.84 Å². The molecule has 8 heteroatoms. The Balaban J connectivity index is 1.42. The van der Waals surface area contributed by atoms with Crippen molar-refractivity contribution in [3.63, 3.8) is 0 Å². The van der Waals surface area contributed by atoms with Crippen LogP contribution < -0.4 is 0 Å². The van der Waals surface area contributed by atoms with Gasteiger partial charge in [0.15, 0.2) is 9.84 Å². The molecule has 6 nitrogen and oxygen atoms in total. The summed E-state index contributed by atoms with van der Waals surface area (Å²) in [5, 5.41) is 1.000. The number of hydrogen-bond donors (Lipinski definition) is 0. The van der Waals surface area contributed by atoms with E-state index in [4.69, 9.17) is 0 Å². The van der Waals surface area contributed by atoms with Crippen molar-refractivity contribution in [2.75, 3.05) is 37.7 Å². The molecule has 2 aliphatic heterocycles. The van der Waals surface area contributed by atoms with Crippen molar-refractivity contribution in [1.29, 1.82) is 0 Å². The van der Waals surface area contributed by atoms with E-state index in [2.05, 4.69) is 9.88 Å². The van der Waals surface area contributed by atoms with Crippen molar-refractivity contribution in [3.8, 4) is 0 Å². The quantitative estimate of drug-likeness (QED) is 0.792. The van der Waals surface area contributed by atoms with Crippen LogP contribution in [0.5, 0.6) is 0 Å². The molecule has 2 fully saturated rings.